The minimum atomic E-state index is 0.333. The maximum absolute atomic E-state index is 5.54. The van der Waals surface area contributed by atoms with Crippen molar-refractivity contribution in [2.75, 3.05) is 33.4 Å². The van der Waals surface area contributed by atoms with Gasteiger partial charge in [0.25, 0.3) is 0 Å². The van der Waals surface area contributed by atoms with Gasteiger partial charge < -0.3 is 14.4 Å². The van der Waals surface area contributed by atoms with Gasteiger partial charge in [0, 0.05) is 32.4 Å². The molecule has 3 heteroatoms. The third-order valence-electron chi connectivity index (χ3n) is 2.57. The zero-order valence-corrected chi connectivity index (χ0v) is 11.7. The van der Waals surface area contributed by atoms with Crippen LogP contribution in [0.25, 0.3) is 0 Å². The molecule has 0 fully saturated rings. The molecule has 0 aliphatic heterocycles. The SMILES string of the molecule is CC(C)OCCCOCCCN(C)C(C)C. The quantitative estimate of drug-likeness (QED) is 0.539. The van der Waals surface area contributed by atoms with Crippen molar-refractivity contribution in [3.05, 3.63) is 0 Å². The molecule has 98 valence electrons. The van der Waals surface area contributed by atoms with Crippen LogP contribution >= 0.6 is 0 Å². The Labute approximate surface area is 101 Å². The second kappa shape index (κ2) is 10.1. The molecule has 0 spiro atoms. The molecule has 0 atom stereocenters. The van der Waals surface area contributed by atoms with Crippen LogP contribution in [-0.2, 0) is 9.47 Å². The zero-order valence-electron chi connectivity index (χ0n) is 11.7. The van der Waals surface area contributed by atoms with Gasteiger partial charge in [-0.3, -0.25) is 0 Å². The summed E-state index contributed by atoms with van der Waals surface area (Å²) >= 11 is 0. The van der Waals surface area contributed by atoms with Crippen LogP contribution in [0, 0.1) is 0 Å². The van der Waals surface area contributed by atoms with Gasteiger partial charge in [-0.15, -0.1) is 0 Å². The Bertz CT molecular complexity index is 149. The molecule has 0 saturated heterocycles. The maximum atomic E-state index is 5.54. The Morgan fingerprint density at radius 2 is 1.56 bits per heavy atom. The van der Waals surface area contributed by atoms with Crippen LogP contribution in [0.15, 0.2) is 0 Å². The average Bonchev–Trinajstić information content (AvgIpc) is 2.21. The van der Waals surface area contributed by atoms with Crippen molar-refractivity contribution >= 4 is 0 Å². The molecular formula is C13H29NO2. The van der Waals surface area contributed by atoms with Gasteiger partial charge in [0.15, 0.2) is 0 Å². The molecule has 16 heavy (non-hydrogen) atoms. The maximum Gasteiger partial charge on any atom is 0.0518 e. The third-order valence-corrected chi connectivity index (χ3v) is 2.57. The Hall–Kier alpha value is -0.120. The molecule has 0 rings (SSSR count). The molecule has 0 heterocycles. The minimum Gasteiger partial charge on any atom is -0.381 e. The van der Waals surface area contributed by atoms with Gasteiger partial charge in [0.2, 0.25) is 0 Å². The van der Waals surface area contributed by atoms with E-state index in [1.807, 2.05) is 0 Å². The molecule has 0 aromatic rings. The number of ether oxygens (including phenoxy) is 2. The van der Waals surface area contributed by atoms with E-state index in [1.165, 1.54) is 0 Å². The molecule has 0 saturated carbocycles. The molecule has 0 N–H and O–H groups in total. The van der Waals surface area contributed by atoms with E-state index < -0.39 is 0 Å². The van der Waals surface area contributed by atoms with Crippen molar-refractivity contribution in [1.82, 2.24) is 4.90 Å². The summed E-state index contributed by atoms with van der Waals surface area (Å²) in [5, 5.41) is 0. The number of hydrogen-bond donors (Lipinski definition) is 0. The van der Waals surface area contributed by atoms with Gasteiger partial charge in [0.1, 0.15) is 0 Å². The summed E-state index contributed by atoms with van der Waals surface area (Å²) in [5.74, 6) is 0. The standard InChI is InChI=1S/C13H29NO2/c1-12(2)14(5)8-6-9-15-10-7-11-16-13(3)4/h12-13H,6-11H2,1-5H3. The van der Waals surface area contributed by atoms with Crippen LogP contribution in [0.3, 0.4) is 0 Å². The Morgan fingerprint density at radius 1 is 0.938 bits per heavy atom. The van der Waals surface area contributed by atoms with Crippen molar-refractivity contribution in [1.29, 1.82) is 0 Å². The summed E-state index contributed by atoms with van der Waals surface area (Å²) < 4.78 is 11.0. The van der Waals surface area contributed by atoms with Crippen LogP contribution in [0.1, 0.15) is 40.5 Å². The van der Waals surface area contributed by atoms with Crippen molar-refractivity contribution in [2.45, 2.75) is 52.7 Å². The molecule has 0 aliphatic carbocycles. The fourth-order valence-corrected chi connectivity index (χ4v) is 1.26. The van der Waals surface area contributed by atoms with E-state index >= 15 is 0 Å². The smallest absolute Gasteiger partial charge is 0.0518 e. The van der Waals surface area contributed by atoms with E-state index in [2.05, 4.69) is 39.6 Å². The van der Waals surface area contributed by atoms with Crippen LogP contribution in [0.2, 0.25) is 0 Å². The lowest BCUT2D eigenvalue weighted by atomic mass is 10.3. The molecule has 0 bridgehead atoms. The molecule has 0 unspecified atom stereocenters. The summed E-state index contributed by atoms with van der Waals surface area (Å²) in [7, 11) is 2.15. The van der Waals surface area contributed by atoms with Gasteiger partial charge in [-0.1, -0.05) is 0 Å². The molecular weight excluding hydrogens is 202 g/mol. The first-order valence-electron chi connectivity index (χ1n) is 6.43. The number of rotatable bonds is 10. The Morgan fingerprint density at radius 3 is 2.12 bits per heavy atom. The van der Waals surface area contributed by atoms with Crippen molar-refractivity contribution in [2.24, 2.45) is 0 Å². The largest absolute Gasteiger partial charge is 0.381 e. The van der Waals surface area contributed by atoms with E-state index in [-0.39, 0.29) is 0 Å². The normalized spacial score (nSPS) is 12.0. The zero-order chi connectivity index (χ0) is 12.4. The molecule has 3 nitrogen and oxygen atoms in total. The fraction of sp³-hybridized carbons (Fsp3) is 1.00. The lowest BCUT2D eigenvalue weighted by Gasteiger charge is -2.20. The van der Waals surface area contributed by atoms with Crippen LogP contribution in [0.5, 0.6) is 0 Å². The lowest BCUT2D eigenvalue weighted by molar-refractivity contribution is 0.0495. The Kier molecular flexibility index (Phi) is 9.99. The van der Waals surface area contributed by atoms with Gasteiger partial charge in [-0.05, 0) is 47.6 Å². The van der Waals surface area contributed by atoms with Crippen molar-refractivity contribution < 1.29 is 9.47 Å². The summed E-state index contributed by atoms with van der Waals surface area (Å²) in [6, 6.07) is 0.624. The Balaban J connectivity index is 3.10. The van der Waals surface area contributed by atoms with Crippen LogP contribution in [-0.4, -0.2) is 50.5 Å². The third kappa shape index (κ3) is 10.4. The van der Waals surface area contributed by atoms with E-state index in [0.717, 1.165) is 39.2 Å². The van der Waals surface area contributed by atoms with Crippen LogP contribution < -0.4 is 0 Å². The second-order valence-electron chi connectivity index (χ2n) is 4.81. The highest BCUT2D eigenvalue weighted by molar-refractivity contribution is 4.55. The average molecular weight is 231 g/mol. The van der Waals surface area contributed by atoms with Gasteiger partial charge in [0.05, 0.1) is 6.10 Å². The summed E-state index contributed by atoms with van der Waals surface area (Å²) in [5.41, 5.74) is 0. The minimum absolute atomic E-state index is 0.333. The first-order chi connectivity index (χ1) is 7.54. The van der Waals surface area contributed by atoms with Gasteiger partial charge >= 0.3 is 0 Å². The summed E-state index contributed by atoms with van der Waals surface area (Å²) in [6.07, 6.45) is 2.44. The lowest BCUT2D eigenvalue weighted by Crippen LogP contribution is -2.27. The number of hydrogen-bond acceptors (Lipinski definition) is 3. The molecule has 0 aromatic heterocycles. The van der Waals surface area contributed by atoms with Gasteiger partial charge in [-0.2, -0.15) is 0 Å². The number of nitrogens with zero attached hydrogens (tertiary/aromatic N) is 1. The predicted octanol–water partition coefficient (Wildman–Crippen LogP) is 2.55. The van der Waals surface area contributed by atoms with E-state index in [1.54, 1.807) is 0 Å². The summed E-state index contributed by atoms with van der Waals surface area (Å²) in [6.45, 7) is 12.1. The molecule has 0 radical (unpaired) electrons. The van der Waals surface area contributed by atoms with E-state index in [0.29, 0.717) is 12.1 Å². The molecule has 0 aliphatic rings. The van der Waals surface area contributed by atoms with Gasteiger partial charge in [-0.25, -0.2) is 0 Å². The summed E-state index contributed by atoms with van der Waals surface area (Å²) in [4.78, 5) is 2.34. The van der Waals surface area contributed by atoms with E-state index in [9.17, 15) is 0 Å². The highest BCUT2D eigenvalue weighted by atomic mass is 16.5. The highest BCUT2D eigenvalue weighted by Crippen LogP contribution is 1.96. The first-order valence-corrected chi connectivity index (χ1v) is 6.43. The van der Waals surface area contributed by atoms with E-state index in [4.69, 9.17) is 9.47 Å². The van der Waals surface area contributed by atoms with Crippen molar-refractivity contribution in [3.63, 3.8) is 0 Å². The van der Waals surface area contributed by atoms with Crippen molar-refractivity contribution in [3.8, 4) is 0 Å². The second-order valence-corrected chi connectivity index (χ2v) is 4.81. The predicted molar refractivity (Wildman–Crippen MR) is 68.9 cm³/mol. The highest BCUT2D eigenvalue weighted by Gasteiger charge is 2.01. The monoisotopic (exact) mass is 231 g/mol. The molecule has 0 aromatic carbocycles. The first kappa shape index (κ1) is 15.9. The fourth-order valence-electron chi connectivity index (χ4n) is 1.26. The topological polar surface area (TPSA) is 21.7 Å². The van der Waals surface area contributed by atoms with Crippen LogP contribution in [0.4, 0.5) is 0 Å². The molecule has 0 amide bonds.